The first-order chi connectivity index (χ1) is 6.85. The van der Waals surface area contributed by atoms with E-state index in [4.69, 9.17) is 15.3 Å². The molecule has 2 rings (SSSR count). The zero-order valence-corrected chi connectivity index (χ0v) is 7.73. The van der Waals surface area contributed by atoms with Crippen LogP contribution in [0.1, 0.15) is 12.8 Å². The lowest BCUT2D eigenvalue weighted by Crippen LogP contribution is -2.29. The lowest BCUT2D eigenvalue weighted by Gasteiger charge is -2.30. The number of allylic oxidation sites excluding steroid dienone is 2. The molecule has 1 heterocycles. The fourth-order valence-corrected chi connectivity index (χ4v) is 1.93. The van der Waals surface area contributed by atoms with E-state index in [1.165, 1.54) is 0 Å². The van der Waals surface area contributed by atoms with Gasteiger partial charge in [0, 0.05) is 12.5 Å². The van der Waals surface area contributed by atoms with Crippen LogP contribution < -0.4 is 0 Å². The standard InChI is InChI=1S/C11H10N2O/c12-6-9-4-8-2-1-3-14-11(8)5-10(9)7-13/h4-5,8,11H,1-3H2/t8-,11+/m1/s1. The highest BCUT2D eigenvalue weighted by molar-refractivity contribution is 5.53. The van der Waals surface area contributed by atoms with E-state index in [1.807, 2.05) is 12.1 Å². The third kappa shape index (κ3) is 1.43. The van der Waals surface area contributed by atoms with Crippen LogP contribution in [-0.2, 0) is 4.74 Å². The molecule has 2 atom stereocenters. The zero-order chi connectivity index (χ0) is 9.97. The topological polar surface area (TPSA) is 56.8 Å². The van der Waals surface area contributed by atoms with E-state index in [2.05, 4.69) is 6.07 Å². The first-order valence-corrected chi connectivity index (χ1v) is 4.71. The molecule has 0 bridgehead atoms. The first kappa shape index (κ1) is 8.99. The Bertz CT molecular complexity index is 343. The summed E-state index contributed by atoms with van der Waals surface area (Å²) in [4.78, 5) is 0. The van der Waals surface area contributed by atoms with Gasteiger partial charge in [0.2, 0.25) is 0 Å². The lowest BCUT2D eigenvalue weighted by molar-refractivity contribution is 0.0182. The van der Waals surface area contributed by atoms with Crippen LogP contribution in [0.25, 0.3) is 0 Å². The van der Waals surface area contributed by atoms with E-state index in [1.54, 1.807) is 6.08 Å². The van der Waals surface area contributed by atoms with Gasteiger partial charge >= 0.3 is 0 Å². The van der Waals surface area contributed by atoms with Gasteiger partial charge in [-0.3, -0.25) is 0 Å². The zero-order valence-electron chi connectivity index (χ0n) is 7.73. The Morgan fingerprint density at radius 1 is 1.21 bits per heavy atom. The maximum atomic E-state index is 8.83. The minimum absolute atomic E-state index is 0.00972. The Hall–Kier alpha value is -1.58. The smallest absolute Gasteiger partial charge is 0.100 e. The molecule has 0 amide bonds. The summed E-state index contributed by atoms with van der Waals surface area (Å²) in [5, 5.41) is 17.6. The average Bonchev–Trinajstić information content (AvgIpc) is 2.27. The van der Waals surface area contributed by atoms with Gasteiger partial charge in [-0.25, -0.2) is 0 Å². The molecular formula is C11H10N2O. The van der Waals surface area contributed by atoms with E-state index >= 15 is 0 Å². The second-order valence-corrected chi connectivity index (χ2v) is 3.53. The highest BCUT2D eigenvalue weighted by Crippen LogP contribution is 2.30. The minimum Gasteiger partial charge on any atom is -0.373 e. The molecule has 14 heavy (non-hydrogen) atoms. The molecule has 0 saturated carbocycles. The van der Waals surface area contributed by atoms with Gasteiger partial charge in [0.1, 0.15) is 12.1 Å². The predicted octanol–water partition coefficient (Wildman–Crippen LogP) is 1.70. The van der Waals surface area contributed by atoms with Crippen LogP contribution in [0.5, 0.6) is 0 Å². The molecule has 1 saturated heterocycles. The third-order valence-corrected chi connectivity index (χ3v) is 2.66. The molecule has 0 aromatic carbocycles. The van der Waals surface area contributed by atoms with E-state index in [0.717, 1.165) is 19.4 Å². The molecule has 1 fully saturated rings. The molecule has 3 nitrogen and oxygen atoms in total. The van der Waals surface area contributed by atoms with Crippen molar-refractivity contribution < 1.29 is 4.74 Å². The van der Waals surface area contributed by atoms with Gasteiger partial charge < -0.3 is 4.74 Å². The number of rotatable bonds is 0. The summed E-state index contributed by atoms with van der Waals surface area (Å²) in [6.45, 7) is 0.756. The summed E-state index contributed by atoms with van der Waals surface area (Å²) in [6, 6.07) is 4.08. The maximum absolute atomic E-state index is 8.83. The maximum Gasteiger partial charge on any atom is 0.100 e. The summed E-state index contributed by atoms with van der Waals surface area (Å²) in [6.07, 6.45) is 5.75. The van der Waals surface area contributed by atoms with Crippen LogP contribution in [0, 0.1) is 28.6 Å². The van der Waals surface area contributed by atoms with Crippen molar-refractivity contribution in [1.82, 2.24) is 0 Å². The molecule has 0 aromatic heterocycles. The first-order valence-electron chi connectivity index (χ1n) is 4.71. The van der Waals surface area contributed by atoms with Crippen LogP contribution in [0.4, 0.5) is 0 Å². The number of hydrogen-bond donors (Lipinski definition) is 0. The molecule has 0 radical (unpaired) electrons. The molecule has 1 aliphatic heterocycles. The Morgan fingerprint density at radius 3 is 2.64 bits per heavy atom. The summed E-state index contributed by atoms with van der Waals surface area (Å²) in [5.74, 6) is 0.287. The van der Waals surface area contributed by atoms with E-state index in [9.17, 15) is 0 Å². The van der Waals surface area contributed by atoms with E-state index < -0.39 is 0 Å². The SMILES string of the molecule is N#CC1=C[C@@H]2OCCC[C@@H]2C=C1C#N. The van der Waals surface area contributed by atoms with Crippen LogP contribution in [0.3, 0.4) is 0 Å². The summed E-state index contributed by atoms with van der Waals surface area (Å²) in [7, 11) is 0. The highest BCUT2D eigenvalue weighted by atomic mass is 16.5. The molecule has 0 spiro atoms. The predicted molar refractivity (Wildman–Crippen MR) is 49.9 cm³/mol. The van der Waals surface area contributed by atoms with Gasteiger partial charge in [0.05, 0.1) is 17.3 Å². The largest absolute Gasteiger partial charge is 0.373 e. The van der Waals surface area contributed by atoms with Crippen LogP contribution >= 0.6 is 0 Å². The van der Waals surface area contributed by atoms with Gasteiger partial charge in [0.25, 0.3) is 0 Å². The Kier molecular flexibility index (Phi) is 2.35. The Labute approximate surface area is 82.9 Å². The number of fused-ring (bicyclic) bond motifs is 1. The van der Waals surface area contributed by atoms with Crippen molar-refractivity contribution in [1.29, 1.82) is 10.5 Å². The molecule has 0 N–H and O–H groups in total. The van der Waals surface area contributed by atoms with Crippen molar-refractivity contribution >= 4 is 0 Å². The van der Waals surface area contributed by atoms with Crippen molar-refractivity contribution in [3.63, 3.8) is 0 Å². The van der Waals surface area contributed by atoms with Crippen molar-refractivity contribution in [2.24, 2.45) is 5.92 Å². The van der Waals surface area contributed by atoms with E-state index in [-0.39, 0.29) is 12.0 Å². The van der Waals surface area contributed by atoms with Crippen molar-refractivity contribution in [2.75, 3.05) is 6.61 Å². The number of ether oxygens (including phenoxy) is 1. The second-order valence-electron chi connectivity index (χ2n) is 3.53. The van der Waals surface area contributed by atoms with E-state index in [0.29, 0.717) is 11.1 Å². The summed E-state index contributed by atoms with van der Waals surface area (Å²) < 4.78 is 5.53. The fourth-order valence-electron chi connectivity index (χ4n) is 1.93. The minimum atomic E-state index is 0.00972. The molecular weight excluding hydrogens is 176 g/mol. The molecule has 70 valence electrons. The number of nitrogens with zero attached hydrogens (tertiary/aromatic N) is 2. The normalized spacial score (nSPS) is 30.4. The quantitative estimate of drug-likeness (QED) is 0.578. The Balaban J connectivity index is 2.30. The van der Waals surface area contributed by atoms with Gasteiger partial charge in [-0.05, 0) is 18.9 Å². The monoisotopic (exact) mass is 186 g/mol. The van der Waals surface area contributed by atoms with Gasteiger partial charge in [-0.2, -0.15) is 10.5 Å². The number of hydrogen-bond acceptors (Lipinski definition) is 3. The van der Waals surface area contributed by atoms with Gasteiger partial charge in [0.15, 0.2) is 0 Å². The van der Waals surface area contributed by atoms with Crippen LogP contribution in [0.15, 0.2) is 23.3 Å². The molecule has 1 aliphatic carbocycles. The molecule has 3 heteroatoms. The van der Waals surface area contributed by atoms with Crippen molar-refractivity contribution in [2.45, 2.75) is 18.9 Å². The Morgan fingerprint density at radius 2 is 1.93 bits per heavy atom. The van der Waals surface area contributed by atoms with Crippen molar-refractivity contribution in [3.05, 3.63) is 23.3 Å². The molecule has 0 unspecified atom stereocenters. The lowest BCUT2D eigenvalue weighted by atomic mass is 9.85. The number of nitriles is 2. The average molecular weight is 186 g/mol. The molecule has 0 aromatic rings. The highest BCUT2D eigenvalue weighted by Gasteiger charge is 2.27. The van der Waals surface area contributed by atoms with Crippen LogP contribution in [0.2, 0.25) is 0 Å². The third-order valence-electron chi connectivity index (χ3n) is 2.66. The second kappa shape index (κ2) is 3.65. The summed E-state index contributed by atoms with van der Waals surface area (Å²) >= 11 is 0. The van der Waals surface area contributed by atoms with Crippen LogP contribution in [-0.4, -0.2) is 12.7 Å². The summed E-state index contributed by atoms with van der Waals surface area (Å²) in [5.41, 5.74) is 0.954. The molecule has 2 aliphatic rings. The van der Waals surface area contributed by atoms with Gasteiger partial charge in [-0.1, -0.05) is 6.08 Å². The van der Waals surface area contributed by atoms with Crippen molar-refractivity contribution in [3.8, 4) is 12.1 Å². The fraction of sp³-hybridized carbons (Fsp3) is 0.455. The van der Waals surface area contributed by atoms with Gasteiger partial charge in [-0.15, -0.1) is 0 Å².